The van der Waals surface area contributed by atoms with E-state index < -0.39 is 24.4 Å². The molecule has 0 saturated heterocycles. The lowest BCUT2D eigenvalue weighted by atomic mass is 9.99. The van der Waals surface area contributed by atoms with Gasteiger partial charge in [0.05, 0.1) is 17.7 Å². The van der Waals surface area contributed by atoms with Crippen molar-refractivity contribution in [3.63, 3.8) is 0 Å². The summed E-state index contributed by atoms with van der Waals surface area (Å²) < 4.78 is 49.5. The van der Waals surface area contributed by atoms with Gasteiger partial charge in [-0.3, -0.25) is 14.4 Å². The fraction of sp³-hybridized carbons (Fsp3) is 0.654. The molecule has 1 aromatic carbocycles. The number of hydrogen-bond acceptors (Lipinski definition) is 5. The number of carbonyl (C=O) groups is 3. The number of likely N-dealkylation sites (N-methyl/N-ethyl adjacent to an activating group) is 1. The standard InChI is InChI=1S/C26H36F3N3O5/c1-16-13-32(24(34)18-7-5-6-8-18)17(2)15-37-21-10-9-19(30-23(33)12-26(27,28)29)11-20(21)25(35)31(3)14-22(16)36-4/h9-11,16-18,22H,5-8,12-15H2,1-4H3,(H,30,33)/t16-,17-,22-/m1/s1. The first-order valence-corrected chi connectivity index (χ1v) is 12.6. The number of amides is 3. The highest BCUT2D eigenvalue weighted by molar-refractivity contribution is 5.99. The van der Waals surface area contributed by atoms with E-state index in [4.69, 9.17) is 9.47 Å². The molecule has 37 heavy (non-hydrogen) atoms. The van der Waals surface area contributed by atoms with Gasteiger partial charge in [0.2, 0.25) is 11.8 Å². The highest BCUT2D eigenvalue weighted by atomic mass is 19.4. The lowest BCUT2D eigenvalue weighted by Gasteiger charge is -2.37. The highest BCUT2D eigenvalue weighted by Crippen LogP contribution is 2.30. The number of alkyl halides is 3. The fourth-order valence-corrected chi connectivity index (χ4v) is 4.96. The summed E-state index contributed by atoms with van der Waals surface area (Å²) in [5.41, 5.74) is 0.143. The monoisotopic (exact) mass is 527 g/mol. The summed E-state index contributed by atoms with van der Waals surface area (Å²) in [4.78, 5) is 41.9. The molecule has 2 aliphatic rings. The maximum Gasteiger partial charge on any atom is 0.397 e. The van der Waals surface area contributed by atoms with Crippen LogP contribution in [-0.2, 0) is 14.3 Å². The number of halogens is 3. The van der Waals surface area contributed by atoms with Crippen molar-refractivity contribution < 1.29 is 37.0 Å². The van der Waals surface area contributed by atoms with Gasteiger partial charge in [0.1, 0.15) is 18.8 Å². The molecule has 1 aliphatic heterocycles. The number of rotatable bonds is 4. The number of benzene rings is 1. The second-order valence-corrected chi connectivity index (χ2v) is 10.1. The van der Waals surface area contributed by atoms with Gasteiger partial charge in [-0.05, 0) is 38.0 Å². The Labute approximate surface area is 215 Å². The van der Waals surface area contributed by atoms with Gasteiger partial charge in [0.25, 0.3) is 5.91 Å². The van der Waals surface area contributed by atoms with Gasteiger partial charge < -0.3 is 24.6 Å². The van der Waals surface area contributed by atoms with Crippen LogP contribution in [0.5, 0.6) is 5.75 Å². The van der Waals surface area contributed by atoms with E-state index in [1.165, 1.54) is 23.1 Å². The van der Waals surface area contributed by atoms with E-state index in [1.54, 1.807) is 14.2 Å². The van der Waals surface area contributed by atoms with Crippen LogP contribution in [-0.4, -0.2) is 79.7 Å². The molecule has 1 saturated carbocycles. The van der Waals surface area contributed by atoms with Gasteiger partial charge in [-0.1, -0.05) is 19.8 Å². The first-order valence-electron chi connectivity index (χ1n) is 12.6. The Kier molecular flexibility index (Phi) is 9.44. The van der Waals surface area contributed by atoms with Crippen LogP contribution in [0.2, 0.25) is 0 Å². The van der Waals surface area contributed by atoms with Crippen molar-refractivity contribution in [1.29, 1.82) is 0 Å². The van der Waals surface area contributed by atoms with Crippen LogP contribution in [0.4, 0.5) is 18.9 Å². The van der Waals surface area contributed by atoms with E-state index in [9.17, 15) is 27.6 Å². The molecule has 0 radical (unpaired) electrons. The molecule has 1 aromatic rings. The summed E-state index contributed by atoms with van der Waals surface area (Å²) in [6, 6.07) is 3.85. The summed E-state index contributed by atoms with van der Waals surface area (Å²) in [5, 5.41) is 2.20. The van der Waals surface area contributed by atoms with Crippen molar-refractivity contribution in [3.05, 3.63) is 23.8 Å². The zero-order valence-electron chi connectivity index (χ0n) is 21.8. The molecule has 1 fully saturated rings. The number of hydrogen-bond donors (Lipinski definition) is 1. The SMILES string of the molecule is CO[C@@H]1CN(C)C(=O)c2cc(NC(=O)CC(F)(F)F)ccc2OC[C@@H](C)N(C(=O)C2CCCC2)C[C@H]1C. The minimum absolute atomic E-state index is 0.0112. The van der Waals surface area contributed by atoms with E-state index in [0.29, 0.717) is 6.54 Å². The van der Waals surface area contributed by atoms with Crippen molar-refractivity contribution in [2.24, 2.45) is 11.8 Å². The molecule has 0 spiro atoms. The Morgan fingerprint density at radius 2 is 1.84 bits per heavy atom. The molecule has 3 rings (SSSR count). The minimum atomic E-state index is -4.65. The third-order valence-electron chi connectivity index (χ3n) is 7.08. The minimum Gasteiger partial charge on any atom is -0.491 e. The van der Waals surface area contributed by atoms with Crippen LogP contribution in [0, 0.1) is 11.8 Å². The summed E-state index contributed by atoms with van der Waals surface area (Å²) >= 11 is 0. The fourth-order valence-electron chi connectivity index (χ4n) is 4.96. The smallest absolute Gasteiger partial charge is 0.397 e. The highest BCUT2D eigenvalue weighted by Gasteiger charge is 2.34. The van der Waals surface area contributed by atoms with Crippen LogP contribution in [0.25, 0.3) is 0 Å². The molecule has 1 aliphatic carbocycles. The average molecular weight is 528 g/mol. The molecule has 3 amide bonds. The first-order chi connectivity index (χ1) is 17.4. The number of methoxy groups -OCH3 is 1. The number of nitrogens with zero attached hydrogens (tertiary/aromatic N) is 2. The third-order valence-corrected chi connectivity index (χ3v) is 7.08. The lowest BCUT2D eigenvalue weighted by molar-refractivity contribution is -0.150. The van der Waals surface area contributed by atoms with Crippen LogP contribution >= 0.6 is 0 Å². The van der Waals surface area contributed by atoms with Crippen molar-refractivity contribution in [2.75, 3.05) is 39.2 Å². The maximum atomic E-state index is 13.4. The van der Waals surface area contributed by atoms with Crippen LogP contribution in [0.15, 0.2) is 18.2 Å². The molecule has 0 bridgehead atoms. The summed E-state index contributed by atoms with van der Waals surface area (Å²) in [6.07, 6.45) is -2.84. The zero-order chi connectivity index (χ0) is 27.3. The summed E-state index contributed by atoms with van der Waals surface area (Å²) in [7, 11) is 3.15. The number of nitrogens with one attached hydrogen (secondary N) is 1. The molecule has 1 heterocycles. The largest absolute Gasteiger partial charge is 0.491 e. The predicted molar refractivity (Wildman–Crippen MR) is 131 cm³/mol. The zero-order valence-corrected chi connectivity index (χ0v) is 21.8. The second kappa shape index (κ2) is 12.1. The van der Waals surface area contributed by atoms with Crippen LogP contribution in [0.1, 0.15) is 56.3 Å². The van der Waals surface area contributed by atoms with Crippen molar-refractivity contribution in [1.82, 2.24) is 9.80 Å². The van der Waals surface area contributed by atoms with Crippen molar-refractivity contribution >= 4 is 23.4 Å². The molecule has 3 atom stereocenters. The first kappa shape index (κ1) is 28.7. The number of ether oxygens (including phenoxy) is 2. The summed E-state index contributed by atoms with van der Waals surface area (Å²) in [5.74, 6) is -1.44. The van der Waals surface area contributed by atoms with E-state index >= 15 is 0 Å². The number of fused-ring (bicyclic) bond motifs is 1. The molecular weight excluding hydrogens is 491 g/mol. The second-order valence-electron chi connectivity index (χ2n) is 10.1. The topological polar surface area (TPSA) is 88.2 Å². The lowest BCUT2D eigenvalue weighted by Crippen LogP contribution is -2.50. The van der Waals surface area contributed by atoms with Crippen molar-refractivity contribution in [2.45, 2.75) is 64.3 Å². The quantitative estimate of drug-likeness (QED) is 0.637. The molecular formula is C26H36F3N3O5. The average Bonchev–Trinajstić information content (AvgIpc) is 3.37. The molecule has 0 unspecified atom stereocenters. The Bertz CT molecular complexity index is 981. The number of carbonyl (C=O) groups excluding carboxylic acids is 3. The van der Waals surface area contributed by atoms with Gasteiger partial charge in [0.15, 0.2) is 0 Å². The Hall–Kier alpha value is -2.82. The van der Waals surface area contributed by atoms with Crippen molar-refractivity contribution in [3.8, 4) is 5.75 Å². The summed E-state index contributed by atoms with van der Waals surface area (Å²) in [6.45, 7) is 4.67. The predicted octanol–water partition coefficient (Wildman–Crippen LogP) is 4.10. The van der Waals surface area contributed by atoms with E-state index in [-0.39, 0.29) is 60.0 Å². The molecule has 8 nitrogen and oxygen atoms in total. The molecule has 206 valence electrons. The van der Waals surface area contributed by atoms with Crippen LogP contribution in [0.3, 0.4) is 0 Å². The third kappa shape index (κ3) is 7.59. The molecule has 11 heteroatoms. The van der Waals surface area contributed by atoms with Gasteiger partial charge in [-0.25, -0.2) is 0 Å². The normalized spacial score (nSPS) is 24.1. The van der Waals surface area contributed by atoms with Gasteiger partial charge in [-0.2, -0.15) is 13.2 Å². The number of anilines is 1. The Morgan fingerprint density at radius 3 is 2.46 bits per heavy atom. The van der Waals surface area contributed by atoms with Gasteiger partial charge in [-0.15, -0.1) is 0 Å². The Morgan fingerprint density at radius 1 is 1.16 bits per heavy atom. The maximum absolute atomic E-state index is 13.4. The molecule has 1 N–H and O–H groups in total. The van der Waals surface area contributed by atoms with E-state index in [1.807, 2.05) is 18.7 Å². The van der Waals surface area contributed by atoms with Gasteiger partial charge in [0, 0.05) is 44.8 Å². The molecule has 0 aromatic heterocycles. The van der Waals surface area contributed by atoms with E-state index in [0.717, 1.165) is 25.7 Å². The van der Waals surface area contributed by atoms with E-state index in [2.05, 4.69) is 5.32 Å². The Balaban J connectivity index is 1.91. The van der Waals surface area contributed by atoms with Crippen LogP contribution < -0.4 is 10.1 Å². The van der Waals surface area contributed by atoms with Gasteiger partial charge >= 0.3 is 6.18 Å².